The fourth-order valence-corrected chi connectivity index (χ4v) is 5.02. The molecule has 0 unspecified atom stereocenters. The van der Waals surface area contributed by atoms with Crippen molar-refractivity contribution in [2.45, 2.75) is 62.8 Å². The van der Waals surface area contributed by atoms with E-state index in [9.17, 15) is 13.2 Å². The molecule has 1 saturated carbocycles. The molecule has 9 heteroatoms. The van der Waals surface area contributed by atoms with Crippen LogP contribution < -0.4 is 10.0 Å². The van der Waals surface area contributed by atoms with Crippen molar-refractivity contribution in [3.8, 4) is 0 Å². The van der Waals surface area contributed by atoms with Crippen molar-refractivity contribution in [1.82, 2.24) is 15.2 Å². The zero-order valence-electron chi connectivity index (χ0n) is 15.1. The third-order valence-electron chi connectivity index (χ3n) is 4.52. The van der Waals surface area contributed by atoms with Gasteiger partial charge in [0.15, 0.2) is 5.76 Å². The maximum Gasteiger partial charge on any atom is 0.246 e. The summed E-state index contributed by atoms with van der Waals surface area (Å²) in [5.74, 6) is -0.0455. The van der Waals surface area contributed by atoms with Gasteiger partial charge in [-0.2, -0.15) is 4.72 Å². The minimum absolute atomic E-state index is 0.0201. The third-order valence-corrected chi connectivity index (χ3v) is 6.30. The maximum absolute atomic E-state index is 12.8. The van der Waals surface area contributed by atoms with Crippen LogP contribution in [0.2, 0.25) is 0 Å². The van der Waals surface area contributed by atoms with E-state index in [1.807, 2.05) is 0 Å². The molecule has 1 aliphatic carbocycles. The number of carbonyl (C=O) groups is 1. The monoisotopic (exact) mass is 373 g/mol. The number of aromatic nitrogens is 1. The molecule has 0 radical (unpaired) electrons. The summed E-state index contributed by atoms with van der Waals surface area (Å²) in [5.41, 5.74) is -0.811. The molecule has 1 amide bonds. The van der Waals surface area contributed by atoms with Crippen molar-refractivity contribution in [3.05, 3.63) is 11.5 Å². The highest BCUT2D eigenvalue weighted by molar-refractivity contribution is 7.89. The summed E-state index contributed by atoms with van der Waals surface area (Å²) >= 11 is 0. The standard InChI is InChI=1S/C16H27N3O5S/c1-12-14(13(2)24-18-12)25(21,22)19-16(8-4-5-9-16)15(20)17-10-6-7-11-23-3/h19H,4-11H2,1-3H3,(H,17,20). The molecule has 1 heterocycles. The predicted molar refractivity (Wildman–Crippen MR) is 91.6 cm³/mol. The number of carbonyl (C=O) groups excluding carboxylic acids is 1. The van der Waals surface area contributed by atoms with Crippen LogP contribution in [-0.4, -0.2) is 45.3 Å². The fraction of sp³-hybridized carbons (Fsp3) is 0.750. The molecule has 0 spiro atoms. The fourth-order valence-electron chi connectivity index (χ4n) is 3.26. The Morgan fingerprint density at radius 3 is 2.52 bits per heavy atom. The van der Waals surface area contributed by atoms with Gasteiger partial charge < -0.3 is 14.6 Å². The third kappa shape index (κ3) is 4.59. The first-order chi connectivity index (χ1) is 11.8. The van der Waals surface area contributed by atoms with Crippen LogP contribution in [0.15, 0.2) is 9.42 Å². The molecular formula is C16H27N3O5S. The van der Waals surface area contributed by atoms with E-state index in [4.69, 9.17) is 9.26 Å². The van der Waals surface area contributed by atoms with Crippen LogP contribution in [0.1, 0.15) is 50.0 Å². The molecular weight excluding hydrogens is 346 g/mol. The molecule has 142 valence electrons. The molecule has 25 heavy (non-hydrogen) atoms. The predicted octanol–water partition coefficient (Wildman–Crippen LogP) is 1.43. The van der Waals surface area contributed by atoms with Crippen molar-refractivity contribution >= 4 is 15.9 Å². The highest BCUT2D eigenvalue weighted by Crippen LogP contribution is 2.32. The van der Waals surface area contributed by atoms with Crippen LogP contribution in [0.5, 0.6) is 0 Å². The van der Waals surface area contributed by atoms with Crippen molar-refractivity contribution in [2.75, 3.05) is 20.3 Å². The second-order valence-corrected chi connectivity index (χ2v) is 8.12. The summed E-state index contributed by atoms with van der Waals surface area (Å²) in [4.78, 5) is 12.7. The van der Waals surface area contributed by atoms with E-state index in [1.165, 1.54) is 0 Å². The average Bonchev–Trinajstić information content (AvgIpc) is 3.14. The largest absolute Gasteiger partial charge is 0.385 e. The number of unbranched alkanes of at least 4 members (excludes halogenated alkanes) is 1. The molecule has 2 N–H and O–H groups in total. The highest BCUT2D eigenvalue weighted by atomic mass is 32.2. The van der Waals surface area contributed by atoms with E-state index in [-0.39, 0.29) is 22.3 Å². The number of ether oxygens (including phenoxy) is 1. The van der Waals surface area contributed by atoms with Gasteiger partial charge in [0.2, 0.25) is 15.9 Å². The van der Waals surface area contributed by atoms with E-state index < -0.39 is 15.6 Å². The van der Waals surface area contributed by atoms with Gasteiger partial charge in [0, 0.05) is 20.3 Å². The summed E-state index contributed by atoms with van der Waals surface area (Å²) in [6.45, 7) is 4.25. The van der Waals surface area contributed by atoms with E-state index in [1.54, 1.807) is 21.0 Å². The molecule has 0 aromatic carbocycles. The van der Waals surface area contributed by atoms with Gasteiger partial charge in [-0.1, -0.05) is 18.0 Å². The lowest BCUT2D eigenvalue weighted by Gasteiger charge is -2.28. The number of sulfonamides is 1. The zero-order valence-corrected chi connectivity index (χ0v) is 15.9. The van der Waals surface area contributed by atoms with Crippen LogP contribution >= 0.6 is 0 Å². The Balaban J connectivity index is 2.10. The van der Waals surface area contributed by atoms with E-state index in [0.717, 1.165) is 25.7 Å². The SMILES string of the molecule is COCCCCNC(=O)C1(NS(=O)(=O)c2c(C)noc2C)CCCC1. The van der Waals surface area contributed by atoms with Crippen molar-refractivity contribution < 1.29 is 22.5 Å². The zero-order chi connectivity index (χ0) is 18.5. The highest BCUT2D eigenvalue weighted by Gasteiger charge is 2.45. The Bertz CT molecular complexity index is 673. The summed E-state index contributed by atoms with van der Waals surface area (Å²) in [6.07, 6.45) is 4.21. The first kappa shape index (κ1) is 19.9. The summed E-state index contributed by atoms with van der Waals surface area (Å²) in [7, 11) is -2.26. The molecule has 1 fully saturated rings. The van der Waals surface area contributed by atoms with Crippen LogP contribution in [0, 0.1) is 13.8 Å². The normalized spacial score (nSPS) is 16.9. The van der Waals surface area contributed by atoms with E-state index in [0.29, 0.717) is 26.0 Å². The Morgan fingerprint density at radius 2 is 1.96 bits per heavy atom. The van der Waals surface area contributed by atoms with Crippen LogP contribution in [-0.2, 0) is 19.6 Å². The number of nitrogens with zero attached hydrogens (tertiary/aromatic N) is 1. The molecule has 0 aliphatic heterocycles. The molecule has 0 saturated heterocycles. The number of rotatable bonds is 9. The topological polar surface area (TPSA) is 111 Å². The number of methoxy groups -OCH3 is 1. The Labute approximate surface area is 148 Å². The number of hydrogen-bond donors (Lipinski definition) is 2. The minimum atomic E-state index is -3.89. The Morgan fingerprint density at radius 1 is 1.28 bits per heavy atom. The molecule has 1 aromatic rings. The van der Waals surface area contributed by atoms with Gasteiger partial charge in [0.05, 0.1) is 0 Å². The van der Waals surface area contributed by atoms with Gasteiger partial charge in [-0.15, -0.1) is 0 Å². The molecule has 8 nitrogen and oxygen atoms in total. The van der Waals surface area contributed by atoms with Crippen LogP contribution in [0.25, 0.3) is 0 Å². The van der Waals surface area contributed by atoms with E-state index in [2.05, 4.69) is 15.2 Å². The molecule has 2 rings (SSSR count). The quantitative estimate of drug-likeness (QED) is 0.634. The lowest BCUT2D eigenvalue weighted by molar-refractivity contribution is -0.126. The number of nitrogens with one attached hydrogen (secondary N) is 2. The van der Waals surface area contributed by atoms with Crippen LogP contribution in [0.4, 0.5) is 0 Å². The second-order valence-electron chi connectivity index (χ2n) is 6.50. The Kier molecular flexibility index (Phi) is 6.59. The molecule has 0 bridgehead atoms. The first-order valence-electron chi connectivity index (χ1n) is 8.56. The van der Waals surface area contributed by atoms with Crippen molar-refractivity contribution in [1.29, 1.82) is 0 Å². The number of hydrogen-bond acceptors (Lipinski definition) is 6. The second kappa shape index (κ2) is 8.29. The minimum Gasteiger partial charge on any atom is -0.385 e. The van der Waals surface area contributed by atoms with E-state index >= 15 is 0 Å². The summed E-state index contributed by atoms with van der Waals surface area (Å²) in [6, 6.07) is 0. The maximum atomic E-state index is 12.8. The Hall–Kier alpha value is -1.45. The van der Waals surface area contributed by atoms with Gasteiger partial charge in [-0.25, -0.2) is 8.42 Å². The van der Waals surface area contributed by atoms with Gasteiger partial charge in [-0.3, -0.25) is 4.79 Å². The average molecular weight is 373 g/mol. The smallest absolute Gasteiger partial charge is 0.246 e. The number of aryl methyl sites for hydroxylation is 2. The van der Waals surface area contributed by atoms with Gasteiger partial charge in [0.25, 0.3) is 0 Å². The van der Waals surface area contributed by atoms with Gasteiger partial charge in [0.1, 0.15) is 16.1 Å². The number of amides is 1. The van der Waals surface area contributed by atoms with Crippen molar-refractivity contribution in [2.24, 2.45) is 0 Å². The lowest BCUT2D eigenvalue weighted by Crippen LogP contribution is -2.57. The van der Waals surface area contributed by atoms with Crippen molar-refractivity contribution in [3.63, 3.8) is 0 Å². The first-order valence-corrected chi connectivity index (χ1v) is 10.0. The lowest BCUT2D eigenvalue weighted by atomic mass is 9.98. The van der Waals surface area contributed by atoms with Gasteiger partial charge >= 0.3 is 0 Å². The van der Waals surface area contributed by atoms with Gasteiger partial charge in [-0.05, 0) is 39.5 Å². The molecule has 0 atom stereocenters. The summed E-state index contributed by atoms with van der Waals surface area (Å²) in [5, 5.41) is 6.56. The molecule has 1 aromatic heterocycles. The summed E-state index contributed by atoms with van der Waals surface area (Å²) < 4.78 is 38.2. The van der Waals surface area contributed by atoms with Crippen LogP contribution in [0.3, 0.4) is 0 Å². The molecule has 1 aliphatic rings.